The van der Waals surface area contributed by atoms with Gasteiger partial charge in [0.15, 0.2) is 23.6 Å². The van der Waals surface area contributed by atoms with Crippen LogP contribution in [0.2, 0.25) is 5.02 Å². The molecule has 0 spiro atoms. The average molecular weight is 784 g/mol. The van der Waals surface area contributed by atoms with E-state index in [1.807, 2.05) is 0 Å². The van der Waals surface area contributed by atoms with Crippen LogP contribution in [0.3, 0.4) is 0 Å². The SMILES string of the molecule is CC(=O)O[C@H]1C(=O)[C@@]2(C)[C@H]([C@H](O)[C@]3(O)C[C@H](OC(=O)[C@H](O)C(NC(=O)c4ccc(Cl)cc4)c4ccccc4)C(C)=C1C3(C)C)[C@]1(OC(C)=O)CO[C@@H]1C[C@@H]2O. The van der Waals surface area contributed by atoms with Crippen molar-refractivity contribution in [3.8, 4) is 0 Å². The van der Waals surface area contributed by atoms with E-state index >= 15 is 0 Å². The summed E-state index contributed by atoms with van der Waals surface area (Å²) in [5, 5.41) is 51.8. The number of esters is 3. The molecule has 55 heavy (non-hydrogen) atoms. The fourth-order valence-electron chi connectivity index (χ4n) is 9.31. The van der Waals surface area contributed by atoms with Gasteiger partial charge < -0.3 is 44.7 Å². The van der Waals surface area contributed by atoms with Gasteiger partial charge in [-0.25, -0.2) is 4.79 Å². The summed E-state index contributed by atoms with van der Waals surface area (Å²) in [6, 6.07) is 12.8. The van der Waals surface area contributed by atoms with Crippen LogP contribution in [0.4, 0.5) is 0 Å². The predicted octanol–water partition coefficient (Wildman–Crippen LogP) is 2.52. The molecule has 1 heterocycles. The first-order chi connectivity index (χ1) is 25.7. The lowest BCUT2D eigenvalue weighted by atomic mass is 9.44. The van der Waals surface area contributed by atoms with Crippen LogP contribution in [0, 0.1) is 16.7 Å². The highest BCUT2D eigenvalue weighted by Gasteiger charge is 2.77. The van der Waals surface area contributed by atoms with Crippen LogP contribution in [0.25, 0.3) is 0 Å². The molecule has 11 atom stereocenters. The standard InChI is InChI=1S/C40H46ClNO13/c1-19-25(54-36(50)30(46)29(22-10-8-7-9-11-22)42-35(49)23-12-14-24(41)15-13-23)17-40(51)34(48)32-38(6,26(45)16-27-39(32,18-52-27)55-21(3)44)33(47)31(53-20(2)43)28(19)37(40,4)5/h7-15,25-27,29-32,34,45-46,48,51H,16-18H2,1-6H3,(H,42,49)/t25-,26-,27+,29?,30+,31+,32-,34-,38+,39-,40+/m0/s1. The van der Waals surface area contributed by atoms with Crippen LogP contribution in [0.15, 0.2) is 65.7 Å². The van der Waals surface area contributed by atoms with Crippen molar-refractivity contribution < 1.29 is 63.3 Å². The van der Waals surface area contributed by atoms with Gasteiger partial charge in [0.05, 0.1) is 30.3 Å². The van der Waals surface area contributed by atoms with Crippen molar-refractivity contribution in [1.82, 2.24) is 5.32 Å². The maximum atomic E-state index is 15.0. The third kappa shape index (κ3) is 6.46. The van der Waals surface area contributed by atoms with Gasteiger partial charge in [-0.2, -0.15) is 0 Å². The van der Waals surface area contributed by atoms with Gasteiger partial charge in [-0.3, -0.25) is 19.2 Å². The molecule has 2 saturated carbocycles. The largest absolute Gasteiger partial charge is 0.456 e. The zero-order valence-corrected chi connectivity index (χ0v) is 32.0. The second kappa shape index (κ2) is 14.4. The highest BCUT2D eigenvalue weighted by Crippen LogP contribution is 2.63. The molecule has 2 aromatic rings. The molecule has 6 rings (SSSR count). The number of aliphatic hydroxyl groups excluding tert-OH is 3. The Morgan fingerprint density at radius 1 is 0.964 bits per heavy atom. The smallest absolute Gasteiger partial charge is 0.338 e. The molecule has 2 aromatic carbocycles. The van der Waals surface area contributed by atoms with Crippen molar-refractivity contribution in [2.45, 2.75) is 108 Å². The molecule has 2 bridgehead atoms. The predicted molar refractivity (Wildman–Crippen MR) is 193 cm³/mol. The van der Waals surface area contributed by atoms with E-state index in [4.69, 9.17) is 30.5 Å². The lowest BCUT2D eigenvalue weighted by Gasteiger charge is -2.67. The molecule has 14 nitrogen and oxygen atoms in total. The van der Waals surface area contributed by atoms with E-state index in [0.717, 1.165) is 13.8 Å². The first-order valence-electron chi connectivity index (χ1n) is 18.0. The number of halogens is 1. The van der Waals surface area contributed by atoms with Crippen molar-refractivity contribution in [3.63, 3.8) is 0 Å². The average Bonchev–Trinajstić information content (AvgIpc) is 3.12. The van der Waals surface area contributed by atoms with Crippen molar-refractivity contribution in [2.24, 2.45) is 16.7 Å². The summed E-state index contributed by atoms with van der Waals surface area (Å²) in [5.74, 6) is -5.82. The summed E-state index contributed by atoms with van der Waals surface area (Å²) in [6.07, 6.45) is -10.3. The summed E-state index contributed by atoms with van der Waals surface area (Å²) in [7, 11) is 0. The van der Waals surface area contributed by atoms with E-state index in [9.17, 15) is 44.4 Å². The first-order valence-corrected chi connectivity index (χ1v) is 18.4. The fraction of sp³-hybridized carbons (Fsp3) is 0.525. The van der Waals surface area contributed by atoms with E-state index in [0.29, 0.717) is 10.6 Å². The number of aliphatic hydroxyl groups is 4. The van der Waals surface area contributed by atoms with Gasteiger partial charge in [0.25, 0.3) is 5.91 Å². The molecule has 3 aliphatic carbocycles. The maximum absolute atomic E-state index is 15.0. The lowest BCUT2D eigenvalue weighted by Crippen LogP contribution is -2.81. The minimum atomic E-state index is -2.32. The van der Waals surface area contributed by atoms with Crippen LogP contribution in [0.5, 0.6) is 0 Å². The second-order valence-corrected chi connectivity index (χ2v) is 16.2. The molecular formula is C40H46ClNO13. The van der Waals surface area contributed by atoms with Gasteiger partial charge in [-0.1, -0.05) is 55.8 Å². The summed E-state index contributed by atoms with van der Waals surface area (Å²) in [4.78, 5) is 67.6. The Bertz CT molecular complexity index is 1920. The third-order valence-electron chi connectivity index (χ3n) is 12.3. The zero-order valence-electron chi connectivity index (χ0n) is 31.3. The molecule has 4 aliphatic rings. The molecule has 1 amide bonds. The van der Waals surface area contributed by atoms with Crippen molar-refractivity contribution in [1.29, 1.82) is 0 Å². The van der Waals surface area contributed by atoms with Crippen LogP contribution in [0.1, 0.15) is 76.3 Å². The maximum Gasteiger partial charge on any atom is 0.338 e. The number of nitrogens with one attached hydrogen (secondary N) is 1. The normalized spacial score (nSPS) is 34.6. The minimum Gasteiger partial charge on any atom is -0.456 e. The van der Waals surface area contributed by atoms with E-state index in [1.165, 1.54) is 38.1 Å². The lowest BCUT2D eigenvalue weighted by molar-refractivity contribution is -0.346. The van der Waals surface area contributed by atoms with E-state index in [-0.39, 0.29) is 29.7 Å². The molecule has 0 radical (unpaired) electrons. The molecule has 1 saturated heterocycles. The second-order valence-electron chi connectivity index (χ2n) is 15.7. The molecule has 5 N–H and O–H groups in total. The van der Waals surface area contributed by atoms with E-state index in [1.54, 1.807) is 44.2 Å². The number of carbonyl (C=O) groups is 5. The van der Waals surface area contributed by atoms with Gasteiger partial charge in [-0.05, 0) is 54.8 Å². The molecule has 1 unspecified atom stereocenters. The molecule has 0 aromatic heterocycles. The van der Waals surface area contributed by atoms with Crippen molar-refractivity contribution in [2.75, 3.05) is 6.61 Å². The molecule has 3 fully saturated rings. The van der Waals surface area contributed by atoms with Crippen LogP contribution >= 0.6 is 11.6 Å². The van der Waals surface area contributed by atoms with Gasteiger partial charge in [0.1, 0.15) is 17.8 Å². The van der Waals surface area contributed by atoms with Crippen LogP contribution in [-0.2, 0) is 38.1 Å². The van der Waals surface area contributed by atoms with Crippen molar-refractivity contribution in [3.05, 3.63) is 81.9 Å². The molecule has 15 heteroatoms. The van der Waals surface area contributed by atoms with Crippen LogP contribution < -0.4 is 5.32 Å². The quantitative estimate of drug-likeness (QED) is 0.148. The summed E-state index contributed by atoms with van der Waals surface area (Å²) < 4.78 is 23.2. The number of ketones is 1. The zero-order chi connectivity index (χ0) is 40.4. The highest BCUT2D eigenvalue weighted by molar-refractivity contribution is 6.30. The minimum absolute atomic E-state index is 0.0174. The van der Waals surface area contributed by atoms with Crippen molar-refractivity contribution >= 4 is 41.2 Å². The highest BCUT2D eigenvalue weighted by atomic mass is 35.5. The van der Waals surface area contributed by atoms with Gasteiger partial charge in [0, 0.05) is 48.6 Å². The Kier molecular flexibility index (Phi) is 10.6. The number of hydrogen-bond acceptors (Lipinski definition) is 13. The van der Waals surface area contributed by atoms with E-state index in [2.05, 4.69) is 5.32 Å². The summed E-state index contributed by atoms with van der Waals surface area (Å²) in [6.45, 7) is 7.95. The third-order valence-corrected chi connectivity index (χ3v) is 12.6. The molecule has 296 valence electrons. The Morgan fingerprint density at radius 3 is 2.16 bits per heavy atom. The number of amides is 1. The van der Waals surface area contributed by atoms with Gasteiger partial charge in [0.2, 0.25) is 0 Å². The number of hydrogen-bond donors (Lipinski definition) is 5. The Labute approximate surface area is 322 Å². The number of carbonyl (C=O) groups excluding carboxylic acids is 5. The van der Waals surface area contributed by atoms with Gasteiger partial charge >= 0.3 is 17.9 Å². The number of benzene rings is 2. The topological polar surface area (TPSA) is 215 Å². The molecule has 1 aliphatic heterocycles. The number of Topliss-reactive ketones (excluding diaryl/α,β-unsaturated/α-hetero) is 1. The Balaban J connectivity index is 1.43. The summed E-state index contributed by atoms with van der Waals surface area (Å²) in [5.41, 5.74) is -6.79. The number of rotatable bonds is 8. The van der Waals surface area contributed by atoms with E-state index < -0.39 is 107 Å². The van der Waals surface area contributed by atoms with Crippen LogP contribution in [-0.4, -0.2) is 104 Å². The number of ether oxygens (including phenoxy) is 4. The monoisotopic (exact) mass is 783 g/mol. The first kappa shape index (κ1) is 40.5. The molecular weight excluding hydrogens is 738 g/mol. The Morgan fingerprint density at radius 2 is 1.60 bits per heavy atom. The fourth-order valence-corrected chi connectivity index (χ4v) is 9.44. The Hall–Kier alpha value is -4.18. The number of fused-ring (bicyclic) bond motifs is 5. The van der Waals surface area contributed by atoms with Gasteiger partial charge in [-0.15, -0.1) is 0 Å². The summed E-state index contributed by atoms with van der Waals surface area (Å²) >= 11 is 5.99.